The minimum absolute atomic E-state index is 0.377. The van der Waals surface area contributed by atoms with Crippen LogP contribution < -0.4 is 10.5 Å². The van der Waals surface area contributed by atoms with Crippen molar-refractivity contribution in [2.24, 2.45) is 17.3 Å². The van der Waals surface area contributed by atoms with Gasteiger partial charge in [0, 0.05) is 17.7 Å². The molecule has 1 aliphatic heterocycles. The Morgan fingerprint density at radius 1 is 1.31 bits per heavy atom. The predicted molar refractivity (Wildman–Crippen MR) is 65.5 cm³/mol. The quantitative estimate of drug-likeness (QED) is 0.678. The second-order valence-electron chi connectivity index (χ2n) is 6.19. The van der Waals surface area contributed by atoms with E-state index in [1.54, 1.807) is 0 Å². The van der Waals surface area contributed by atoms with Crippen molar-refractivity contribution in [1.29, 1.82) is 0 Å². The zero-order chi connectivity index (χ0) is 11.5. The molecule has 1 heterocycles. The number of hydrogen-bond donors (Lipinski definition) is 1. The second-order valence-corrected chi connectivity index (χ2v) is 6.19. The number of nitrogen functional groups attached to an aromatic ring is 1. The molecule has 1 fully saturated rings. The number of fused-ring (bicyclic) bond motifs is 3. The van der Waals surface area contributed by atoms with Crippen LogP contribution in [-0.4, -0.2) is 6.61 Å². The first-order valence-corrected chi connectivity index (χ1v) is 6.01. The van der Waals surface area contributed by atoms with E-state index in [1.807, 2.05) is 12.1 Å². The number of hydrogen-bond acceptors (Lipinski definition) is 2. The van der Waals surface area contributed by atoms with Gasteiger partial charge in [-0.25, -0.2) is 0 Å². The van der Waals surface area contributed by atoms with Crippen LogP contribution in [0.1, 0.15) is 32.3 Å². The second kappa shape index (κ2) is 2.93. The molecule has 0 saturated heterocycles. The molecular weight excluding hydrogens is 198 g/mol. The van der Waals surface area contributed by atoms with E-state index in [1.165, 1.54) is 5.56 Å². The highest BCUT2D eigenvalue weighted by atomic mass is 16.5. The van der Waals surface area contributed by atoms with Crippen LogP contribution in [0.15, 0.2) is 18.2 Å². The van der Waals surface area contributed by atoms with Crippen LogP contribution in [0.25, 0.3) is 0 Å². The maximum atomic E-state index is 5.80. The van der Waals surface area contributed by atoms with Gasteiger partial charge < -0.3 is 10.5 Å². The molecule has 2 N–H and O–H groups in total. The molecule has 16 heavy (non-hydrogen) atoms. The largest absolute Gasteiger partial charge is 0.493 e. The zero-order valence-electron chi connectivity index (χ0n) is 10.2. The number of nitrogens with two attached hydrogens (primary N) is 1. The monoisotopic (exact) mass is 217 g/mol. The highest BCUT2D eigenvalue weighted by molar-refractivity contribution is 5.53. The molecule has 0 bridgehead atoms. The Bertz CT molecular complexity index is 433. The standard InChI is InChI=1S/C14H19NO/c1-14(2,3)13-10-7-16-11-6-8(15)4-5-9(11)12(10)13/h4-6,10,12-13H,7,15H2,1-3H3. The molecule has 86 valence electrons. The highest BCUT2D eigenvalue weighted by Crippen LogP contribution is 2.65. The molecule has 3 unspecified atom stereocenters. The molecular formula is C14H19NO. The summed E-state index contributed by atoms with van der Waals surface area (Å²) in [5, 5.41) is 0. The average molecular weight is 217 g/mol. The van der Waals surface area contributed by atoms with Gasteiger partial charge >= 0.3 is 0 Å². The Labute approximate surface area is 96.8 Å². The van der Waals surface area contributed by atoms with Gasteiger partial charge in [0.1, 0.15) is 5.75 Å². The van der Waals surface area contributed by atoms with Crippen molar-refractivity contribution in [3.8, 4) is 5.75 Å². The Hall–Kier alpha value is -1.18. The van der Waals surface area contributed by atoms with Gasteiger partial charge in [-0.3, -0.25) is 0 Å². The van der Waals surface area contributed by atoms with Crippen molar-refractivity contribution in [2.45, 2.75) is 26.7 Å². The lowest BCUT2D eigenvalue weighted by Gasteiger charge is -2.18. The van der Waals surface area contributed by atoms with Crippen LogP contribution in [-0.2, 0) is 0 Å². The van der Waals surface area contributed by atoms with Crippen molar-refractivity contribution in [3.05, 3.63) is 23.8 Å². The number of anilines is 1. The third-order valence-corrected chi connectivity index (χ3v) is 4.00. The van der Waals surface area contributed by atoms with Gasteiger partial charge in [0.15, 0.2) is 0 Å². The van der Waals surface area contributed by atoms with E-state index in [0.717, 1.165) is 29.9 Å². The molecule has 1 saturated carbocycles. The highest BCUT2D eigenvalue weighted by Gasteiger charge is 2.58. The minimum atomic E-state index is 0.377. The molecule has 3 atom stereocenters. The van der Waals surface area contributed by atoms with E-state index in [4.69, 9.17) is 10.5 Å². The maximum Gasteiger partial charge on any atom is 0.124 e. The summed E-state index contributed by atoms with van der Waals surface area (Å²) in [5.41, 5.74) is 8.32. The molecule has 1 aromatic rings. The number of ether oxygens (including phenoxy) is 1. The van der Waals surface area contributed by atoms with E-state index in [-0.39, 0.29) is 0 Å². The molecule has 0 spiro atoms. The maximum absolute atomic E-state index is 5.80. The van der Waals surface area contributed by atoms with Crippen molar-refractivity contribution in [1.82, 2.24) is 0 Å². The number of benzene rings is 1. The van der Waals surface area contributed by atoms with Gasteiger partial charge in [-0.1, -0.05) is 26.8 Å². The Morgan fingerprint density at radius 3 is 2.75 bits per heavy atom. The van der Waals surface area contributed by atoms with Crippen LogP contribution in [0.3, 0.4) is 0 Å². The minimum Gasteiger partial charge on any atom is -0.493 e. The first-order chi connectivity index (χ1) is 7.48. The van der Waals surface area contributed by atoms with Crippen molar-refractivity contribution >= 4 is 5.69 Å². The average Bonchev–Trinajstić information content (AvgIpc) is 2.90. The van der Waals surface area contributed by atoms with E-state index in [2.05, 4.69) is 26.8 Å². The normalized spacial score (nSPS) is 31.3. The van der Waals surface area contributed by atoms with Gasteiger partial charge in [-0.15, -0.1) is 0 Å². The smallest absolute Gasteiger partial charge is 0.124 e. The lowest BCUT2D eigenvalue weighted by Crippen LogP contribution is -2.12. The first kappa shape index (κ1) is 10.0. The summed E-state index contributed by atoms with van der Waals surface area (Å²) >= 11 is 0. The Kier molecular flexibility index (Phi) is 1.84. The molecule has 1 aliphatic carbocycles. The first-order valence-electron chi connectivity index (χ1n) is 6.01. The van der Waals surface area contributed by atoms with E-state index >= 15 is 0 Å². The molecule has 0 amide bonds. The van der Waals surface area contributed by atoms with E-state index in [0.29, 0.717) is 11.3 Å². The fourth-order valence-electron chi connectivity index (χ4n) is 3.32. The SMILES string of the molecule is CC(C)(C)C1C2COc3cc(N)ccc3C21. The third kappa shape index (κ3) is 1.32. The number of rotatable bonds is 0. The van der Waals surface area contributed by atoms with Crippen molar-refractivity contribution in [3.63, 3.8) is 0 Å². The fourth-order valence-corrected chi connectivity index (χ4v) is 3.32. The topological polar surface area (TPSA) is 35.2 Å². The van der Waals surface area contributed by atoms with Gasteiger partial charge in [0.2, 0.25) is 0 Å². The van der Waals surface area contributed by atoms with Gasteiger partial charge in [0.25, 0.3) is 0 Å². The summed E-state index contributed by atoms with van der Waals surface area (Å²) in [6, 6.07) is 6.10. The summed E-state index contributed by atoms with van der Waals surface area (Å²) in [6.45, 7) is 7.84. The molecule has 1 aromatic carbocycles. The van der Waals surface area contributed by atoms with Gasteiger partial charge in [-0.2, -0.15) is 0 Å². The molecule has 2 heteroatoms. The van der Waals surface area contributed by atoms with Crippen LogP contribution in [0.5, 0.6) is 5.75 Å². The van der Waals surface area contributed by atoms with Gasteiger partial charge in [-0.05, 0) is 28.9 Å². The fraction of sp³-hybridized carbons (Fsp3) is 0.571. The summed E-state index contributed by atoms with van der Waals surface area (Å²) in [7, 11) is 0. The van der Waals surface area contributed by atoms with E-state index in [9.17, 15) is 0 Å². The van der Waals surface area contributed by atoms with Crippen molar-refractivity contribution < 1.29 is 4.74 Å². The molecule has 0 radical (unpaired) electrons. The lowest BCUT2D eigenvalue weighted by molar-refractivity contribution is 0.253. The predicted octanol–water partition coefficient (Wildman–Crippen LogP) is 3.04. The third-order valence-electron chi connectivity index (χ3n) is 4.00. The lowest BCUT2D eigenvalue weighted by atomic mass is 9.87. The van der Waals surface area contributed by atoms with Crippen molar-refractivity contribution in [2.75, 3.05) is 12.3 Å². The Balaban J connectivity index is 1.97. The summed E-state index contributed by atoms with van der Waals surface area (Å²) in [5.74, 6) is 3.19. The molecule has 2 aliphatic rings. The van der Waals surface area contributed by atoms with Crippen LogP contribution >= 0.6 is 0 Å². The molecule has 2 nitrogen and oxygen atoms in total. The Morgan fingerprint density at radius 2 is 2.06 bits per heavy atom. The van der Waals surface area contributed by atoms with E-state index < -0.39 is 0 Å². The zero-order valence-corrected chi connectivity index (χ0v) is 10.2. The van der Waals surface area contributed by atoms with Crippen LogP contribution in [0, 0.1) is 17.3 Å². The van der Waals surface area contributed by atoms with Gasteiger partial charge in [0.05, 0.1) is 6.61 Å². The summed E-state index contributed by atoms with van der Waals surface area (Å²) in [6.07, 6.45) is 0. The van der Waals surface area contributed by atoms with Crippen LogP contribution in [0.4, 0.5) is 5.69 Å². The summed E-state index contributed by atoms with van der Waals surface area (Å²) < 4.78 is 5.80. The summed E-state index contributed by atoms with van der Waals surface area (Å²) in [4.78, 5) is 0. The molecule has 3 rings (SSSR count). The molecule has 0 aromatic heterocycles. The van der Waals surface area contributed by atoms with Crippen LogP contribution in [0.2, 0.25) is 0 Å².